The zero-order chi connectivity index (χ0) is 14.4. The highest BCUT2D eigenvalue weighted by Gasteiger charge is 2.08. The van der Waals surface area contributed by atoms with Crippen molar-refractivity contribution in [1.82, 2.24) is 9.78 Å². The van der Waals surface area contributed by atoms with Crippen LogP contribution in [0.2, 0.25) is 0 Å². The van der Waals surface area contributed by atoms with Gasteiger partial charge >= 0.3 is 0 Å². The Morgan fingerprint density at radius 2 is 2.00 bits per heavy atom. The van der Waals surface area contributed by atoms with Crippen LogP contribution in [0.3, 0.4) is 0 Å². The first kappa shape index (κ1) is 14.1. The van der Waals surface area contributed by atoms with Crippen LogP contribution in [0.5, 0.6) is 0 Å². The summed E-state index contributed by atoms with van der Waals surface area (Å²) in [5.41, 5.74) is 7.13. The van der Waals surface area contributed by atoms with Crippen molar-refractivity contribution in [2.45, 2.75) is 26.2 Å². The molecule has 5 heteroatoms. The highest BCUT2D eigenvalue weighted by atomic mass is 16.1. The standard InChI is InChI=1S/C15H20N4O/c1-2-3-7-10-17-13-11-18-19(15(20)14(13)16)12-8-5-4-6-9-12/h4-6,8-9,11,17H,2-3,7,10,16H2,1H3. The van der Waals surface area contributed by atoms with Gasteiger partial charge in [-0.05, 0) is 18.6 Å². The van der Waals surface area contributed by atoms with Crippen LogP contribution in [0.25, 0.3) is 5.69 Å². The van der Waals surface area contributed by atoms with E-state index in [1.807, 2.05) is 30.3 Å². The minimum absolute atomic E-state index is 0.209. The molecule has 0 saturated heterocycles. The number of unbranched alkanes of at least 4 members (excludes halogenated alkanes) is 2. The van der Waals surface area contributed by atoms with Gasteiger partial charge < -0.3 is 11.1 Å². The smallest absolute Gasteiger partial charge is 0.296 e. The Bertz CT molecular complexity index is 607. The Kier molecular flexibility index (Phi) is 4.76. The van der Waals surface area contributed by atoms with Gasteiger partial charge in [0.2, 0.25) is 0 Å². The maximum absolute atomic E-state index is 12.2. The summed E-state index contributed by atoms with van der Waals surface area (Å²) in [6.07, 6.45) is 4.97. The monoisotopic (exact) mass is 272 g/mol. The average Bonchev–Trinajstić information content (AvgIpc) is 2.49. The van der Waals surface area contributed by atoms with E-state index in [4.69, 9.17) is 5.73 Å². The average molecular weight is 272 g/mol. The number of hydrogen-bond donors (Lipinski definition) is 2. The molecule has 0 atom stereocenters. The van der Waals surface area contributed by atoms with E-state index in [2.05, 4.69) is 17.3 Å². The molecular formula is C15H20N4O. The summed E-state index contributed by atoms with van der Waals surface area (Å²) >= 11 is 0. The second-order valence-corrected chi connectivity index (χ2v) is 4.66. The summed E-state index contributed by atoms with van der Waals surface area (Å²) in [6.45, 7) is 2.95. The van der Waals surface area contributed by atoms with Crippen molar-refractivity contribution >= 4 is 11.4 Å². The van der Waals surface area contributed by atoms with Gasteiger partial charge in [-0.3, -0.25) is 4.79 Å². The summed E-state index contributed by atoms with van der Waals surface area (Å²) < 4.78 is 1.31. The van der Waals surface area contributed by atoms with Gasteiger partial charge in [-0.1, -0.05) is 38.0 Å². The number of nitrogens with zero attached hydrogens (tertiary/aromatic N) is 2. The number of para-hydroxylation sites is 1. The van der Waals surface area contributed by atoms with Crippen molar-refractivity contribution in [3.8, 4) is 5.69 Å². The van der Waals surface area contributed by atoms with Crippen LogP contribution >= 0.6 is 0 Å². The van der Waals surface area contributed by atoms with E-state index in [0.29, 0.717) is 11.4 Å². The number of aromatic nitrogens is 2. The largest absolute Gasteiger partial charge is 0.392 e. The van der Waals surface area contributed by atoms with Crippen molar-refractivity contribution in [2.75, 3.05) is 17.6 Å². The molecule has 5 nitrogen and oxygen atoms in total. The van der Waals surface area contributed by atoms with Crippen LogP contribution < -0.4 is 16.6 Å². The molecule has 0 radical (unpaired) electrons. The molecule has 1 heterocycles. The Labute approximate surface area is 118 Å². The molecule has 0 unspecified atom stereocenters. The molecule has 1 aromatic carbocycles. The van der Waals surface area contributed by atoms with Crippen LogP contribution in [0.15, 0.2) is 41.3 Å². The SMILES string of the molecule is CCCCCNc1cnn(-c2ccccc2)c(=O)c1N. The van der Waals surface area contributed by atoms with Gasteiger partial charge in [0, 0.05) is 6.54 Å². The van der Waals surface area contributed by atoms with Gasteiger partial charge in [0.15, 0.2) is 0 Å². The lowest BCUT2D eigenvalue weighted by Crippen LogP contribution is -2.25. The van der Waals surface area contributed by atoms with Crippen LogP contribution in [0.1, 0.15) is 26.2 Å². The third kappa shape index (κ3) is 3.17. The predicted molar refractivity (Wildman–Crippen MR) is 82.3 cm³/mol. The molecule has 3 N–H and O–H groups in total. The van der Waals surface area contributed by atoms with E-state index >= 15 is 0 Å². The van der Waals surface area contributed by atoms with Crippen LogP contribution in [0.4, 0.5) is 11.4 Å². The van der Waals surface area contributed by atoms with Crippen molar-refractivity contribution in [3.05, 3.63) is 46.9 Å². The first-order valence-electron chi connectivity index (χ1n) is 6.91. The summed E-state index contributed by atoms with van der Waals surface area (Å²) in [4.78, 5) is 12.2. The maximum Gasteiger partial charge on any atom is 0.296 e. The Hall–Kier alpha value is -2.30. The molecule has 106 valence electrons. The van der Waals surface area contributed by atoms with E-state index in [1.54, 1.807) is 6.20 Å². The van der Waals surface area contributed by atoms with Crippen molar-refractivity contribution in [1.29, 1.82) is 0 Å². The van der Waals surface area contributed by atoms with Gasteiger partial charge in [-0.2, -0.15) is 9.78 Å². The lowest BCUT2D eigenvalue weighted by Gasteiger charge is -2.10. The topological polar surface area (TPSA) is 72.9 Å². The Morgan fingerprint density at radius 3 is 2.70 bits per heavy atom. The number of nitrogen functional groups attached to an aromatic ring is 1. The molecule has 1 aromatic heterocycles. The van der Waals surface area contributed by atoms with Crippen molar-refractivity contribution in [3.63, 3.8) is 0 Å². The van der Waals surface area contributed by atoms with E-state index in [1.165, 1.54) is 4.68 Å². The van der Waals surface area contributed by atoms with Crippen molar-refractivity contribution < 1.29 is 0 Å². The molecule has 0 saturated carbocycles. The fourth-order valence-corrected chi connectivity index (χ4v) is 1.96. The minimum Gasteiger partial charge on any atom is -0.392 e. The number of nitrogens with two attached hydrogens (primary N) is 1. The molecule has 0 bridgehead atoms. The number of rotatable bonds is 6. The van der Waals surface area contributed by atoms with Crippen LogP contribution in [-0.2, 0) is 0 Å². The van der Waals surface area contributed by atoms with Gasteiger partial charge in [0.1, 0.15) is 5.69 Å². The second-order valence-electron chi connectivity index (χ2n) is 4.66. The molecule has 0 aliphatic heterocycles. The van der Waals surface area contributed by atoms with Gasteiger partial charge in [-0.15, -0.1) is 0 Å². The molecule has 2 aromatic rings. The summed E-state index contributed by atoms with van der Waals surface area (Å²) in [5.74, 6) is 0. The predicted octanol–water partition coefficient (Wildman–Crippen LogP) is 2.42. The second kappa shape index (κ2) is 6.75. The minimum atomic E-state index is -0.295. The fraction of sp³-hybridized carbons (Fsp3) is 0.333. The van der Waals surface area contributed by atoms with Crippen LogP contribution in [-0.4, -0.2) is 16.3 Å². The normalized spacial score (nSPS) is 10.4. The number of hydrogen-bond acceptors (Lipinski definition) is 4. The summed E-state index contributed by atoms with van der Waals surface area (Å²) in [5, 5.41) is 7.34. The number of anilines is 2. The highest BCUT2D eigenvalue weighted by Crippen LogP contribution is 2.13. The van der Waals surface area contributed by atoms with E-state index in [9.17, 15) is 4.79 Å². The summed E-state index contributed by atoms with van der Waals surface area (Å²) in [7, 11) is 0. The molecule has 0 aliphatic rings. The molecule has 0 spiro atoms. The third-order valence-corrected chi connectivity index (χ3v) is 3.11. The number of nitrogens with one attached hydrogen (secondary N) is 1. The zero-order valence-corrected chi connectivity index (χ0v) is 11.7. The van der Waals surface area contributed by atoms with E-state index in [-0.39, 0.29) is 11.2 Å². The molecule has 20 heavy (non-hydrogen) atoms. The Balaban J connectivity index is 2.19. The van der Waals surface area contributed by atoms with Gasteiger partial charge in [0.25, 0.3) is 5.56 Å². The molecule has 0 fully saturated rings. The zero-order valence-electron chi connectivity index (χ0n) is 11.7. The number of benzene rings is 1. The quantitative estimate of drug-likeness (QED) is 0.792. The molecule has 2 rings (SSSR count). The highest BCUT2D eigenvalue weighted by molar-refractivity contribution is 5.63. The van der Waals surface area contributed by atoms with Gasteiger partial charge in [-0.25, -0.2) is 0 Å². The fourth-order valence-electron chi connectivity index (χ4n) is 1.96. The third-order valence-electron chi connectivity index (χ3n) is 3.11. The molecule has 0 aliphatic carbocycles. The molecule has 0 amide bonds. The van der Waals surface area contributed by atoms with Crippen molar-refractivity contribution in [2.24, 2.45) is 0 Å². The maximum atomic E-state index is 12.2. The Morgan fingerprint density at radius 1 is 1.25 bits per heavy atom. The first-order valence-corrected chi connectivity index (χ1v) is 6.91. The van der Waals surface area contributed by atoms with E-state index < -0.39 is 0 Å². The molecular weight excluding hydrogens is 252 g/mol. The lowest BCUT2D eigenvalue weighted by atomic mass is 10.2. The first-order chi connectivity index (χ1) is 9.74. The van der Waals surface area contributed by atoms with Gasteiger partial charge in [0.05, 0.1) is 17.6 Å². The summed E-state index contributed by atoms with van der Waals surface area (Å²) in [6, 6.07) is 9.25. The van der Waals surface area contributed by atoms with E-state index in [0.717, 1.165) is 25.8 Å². The lowest BCUT2D eigenvalue weighted by molar-refractivity contribution is 0.742. The van der Waals surface area contributed by atoms with Crippen LogP contribution in [0, 0.1) is 0 Å².